The van der Waals surface area contributed by atoms with Gasteiger partial charge in [-0.3, -0.25) is 18.7 Å². The third kappa shape index (κ3) is 3.49. The van der Waals surface area contributed by atoms with Gasteiger partial charge in [-0.2, -0.15) is 0 Å². The molecule has 2 aliphatic rings. The molecule has 0 amide bonds. The molecule has 0 fully saturated rings. The molecule has 0 aliphatic carbocycles. The summed E-state index contributed by atoms with van der Waals surface area (Å²) in [5.74, 6) is 1.44. The predicted octanol–water partition coefficient (Wildman–Crippen LogP) is 1.61. The molecule has 154 valence electrons. The van der Waals surface area contributed by atoms with Gasteiger partial charge in [0.1, 0.15) is 24.3 Å². The van der Waals surface area contributed by atoms with Crippen molar-refractivity contribution in [1.82, 2.24) is 19.1 Å². The molecule has 5 rings (SSSR count). The SMILES string of the molecule is O=c1c2c(ncn1Cc1ccc(Cn3cnc4c(c3=O)CCCN4)cc1)NCCC2. The van der Waals surface area contributed by atoms with Crippen molar-refractivity contribution in [2.75, 3.05) is 23.7 Å². The molecule has 2 aliphatic heterocycles. The largest absolute Gasteiger partial charge is 0.370 e. The summed E-state index contributed by atoms with van der Waals surface area (Å²) in [6.07, 6.45) is 6.67. The molecule has 2 N–H and O–H groups in total. The van der Waals surface area contributed by atoms with Gasteiger partial charge in [-0.25, -0.2) is 9.97 Å². The molecule has 0 saturated carbocycles. The third-order valence-corrected chi connectivity index (χ3v) is 5.78. The quantitative estimate of drug-likeness (QED) is 0.686. The lowest BCUT2D eigenvalue weighted by Gasteiger charge is -2.18. The van der Waals surface area contributed by atoms with E-state index in [1.807, 2.05) is 24.3 Å². The van der Waals surface area contributed by atoms with Crippen LogP contribution in [0.5, 0.6) is 0 Å². The maximum absolute atomic E-state index is 12.7. The summed E-state index contributed by atoms with van der Waals surface area (Å²) in [6, 6.07) is 7.99. The van der Waals surface area contributed by atoms with Gasteiger partial charge < -0.3 is 10.6 Å². The van der Waals surface area contributed by atoms with E-state index in [0.29, 0.717) is 13.1 Å². The van der Waals surface area contributed by atoms with Gasteiger partial charge in [-0.15, -0.1) is 0 Å². The molecule has 3 aromatic rings. The zero-order valence-corrected chi connectivity index (χ0v) is 16.7. The number of benzene rings is 1. The average molecular weight is 404 g/mol. The maximum Gasteiger partial charge on any atom is 0.258 e. The van der Waals surface area contributed by atoms with E-state index in [9.17, 15) is 9.59 Å². The highest BCUT2D eigenvalue weighted by atomic mass is 16.1. The lowest BCUT2D eigenvalue weighted by atomic mass is 10.1. The highest BCUT2D eigenvalue weighted by Crippen LogP contribution is 2.16. The van der Waals surface area contributed by atoms with Gasteiger partial charge in [0.25, 0.3) is 11.1 Å². The number of nitrogens with zero attached hydrogens (tertiary/aromatic N) is 4. The molecule has 8 nitrogen and oxygen atoms in total. The van der Waals surface area contributed by atoms with Crippen LogP contribution in [0.15, 0.2) is 46.5 Å². The molecule has 2 aromatic heterocycles. The zero-order valence-electron chi connectivity index (χ0n) is 16.7. The summed E-state index contributed by atoms with van der Waals surface area (Å²) >= 11 is 0. The molecule has 0 bridgehead atoms. The highest BCUT2D eigenvalue weighted by molar-refractivity contribution is 5.45. The lowest BCUT2D eigenvalue weighted by molar-refractivity contribution is 0.692. The number of fused-ring (bicyclic) bond motifs is 2. The highest BCUT2D eigenvalue weighted by Gasteiger charge is 2.16. The molecule has 0 spiro atoms. The zero-order chi connectivity index (χ0) is 20.5. The van der Waals surface area contributed by atoms with Crippen LogP contribution in [0.1, 0.15) is 35.1 Å². The molecular weight excluding hydrogens is 380 g/mol. The summed E-state index contributed by atoms with van der Waals surface area (Å²) in [5.41, 5.74) is 3.63. The number of rotatable bonds is 4. The Morgan fingerprint density at radius 2 is 1.17 bits per heavy atom. The Morgan fingerprint density at radius 1 is 0.733 bits per heavy atom. The van der Waals surface area contributed by atoms with Crippen molar-refractivity contribution in [2.45, 2.75) is 38.8 Å². The smallest absolute Gasteiger partial charge is 0.258 e. The van der Waals surface area contributed by atoms with Crippen LogP contribution in [0.25, 0.3) is 0 Å². The van der Waals surface area contributed by atoms with Gasteiger partial charge in [0.15, 0.2) is 0 Å². The van der Waals surface area contributed by atoms with Gasteiger partial charge in [0, 0.05) is 13.1 Å². The van der Waals surface area contributed by atoms with E-state index in [0.717, 1.165) is 72.7 Å². The first-order valence-electron chi connectivity index (χ1n) is 10.4. The van der Waals surface area contributed by atoms with E-state index >= 15 is 0 Å². The summed E-state index contributed by atoms with van der Waals surface area (Å²) in [5, 5.41) is 6.37. The van der Waals surface area contributed by atoms with Crippen molar-refractivity contribution in [2.24, 2.45) is 0 Å². The summed E-state index contributed by atoms with van der Waals surface area (Å²) in [4.78, 5) is 34.2. The van der Waals surface area contributed by atoms with Crippen LogP contribution >= 0.6 is 0 Å². The normalized spacial score (nSPS) is 14.9. The minimum atomic E-state index is 0.0246. The van der Waals surface area contributed by atoms with Crippen LogP contribution in [0.2, 0.25) is 0 Å². The van der Waals surface area contributed by atoms with Crippen LogP contribution in [0, 0.1) is 0 Å². The Balaban J connectivity index is 1.33. The van der Waals surface area contributed by atoms with Crippen molar-refractivity contribution < 1.29 is 0 Å². The number of anilines is 2. The molecule has 8 heteroatoms. The van der Waals surface area contributed by atoms with E-state index in [1.54, 1.807) is 21.8 Å². The Bertz CT molecular complexity index is 1100. The molecule has 0 saturated heterocycles. The van der Waals surface area contributed by atoms with Crippen molar-refractivity contribution in [3.8, 4) is 0 Å². The second-order valence-corrected chi connectivity index (χ2v) is 7.89. The minimum absolute atomic E-state index is 0.0246. The first-order chi connectivity index (χ1) is 14.7. The fourth-order valence-corrected chi connectivity index (χ4v) is 4.13. The topological polar surface area (TPSA) is 93.8 Å². The van der Waals surface area contributed by atoms with Gasteiger partial charge in [-0.05, 0) is 36.8 Å². The Labute approximate surface area is 173 Å². The van der Waals surface area contributed by atoms with Gasteiger partial charge in [0.05, 0.1) is 24.2 Å². The molecule has 0 radical (unpaired) electrons. The van der Waals surface area contributed by atoms with E-state index in [1.165, 1.54) is 0 Å². The van der Waals surface area contributed by atoms with Gasteiger partial charge in [-0.1, -0.05) is 24.3 Å². The summed E-state index contributed by atoms with van der Waals surface area (Å²) in [6.45, 7) is 2.69. The second-order valence-electron chi connectivity index (χ2n) is 7.89. The fourth-order valence-electron chi connectivity index (χ4n) is 4.13. The standard InChI is InChI=1S/C22H24N6O2/c29-21-17-3-1-9-23-19(17)25-13-27(21)11-15-5-7-16(8-6-15)12-28-14-26-20-18(22(28)30)4-2-10-24-20/h5-8,13-14,23-24H,1-4,9-12H2. The van der Waals surface area contributed by atoms with Gasteiger partial charge >= 0.3 is 0 Å². The summed E-state index contributed by atoms with van der Waals surface area (Å²) < 4.78 is 3.32. The number of hydrogen-bond donors (Lipinski definition) is 2. The van der Waals surface area contributed by atoms with Crippen molar-refractivity contribution in [3.05, 3.63) is 79.9 Å². The predicted molar refractivity (Wildman–Crippen MR) is 115 cm³/mol. The number of hydrogen-bond acceptors (Lipinski definition) is 6. The molecule has 0 unspecified atom stereocenters. The first-order valence-corrected chi connectivity index (χ1v) is 10.4. The molecular formula is C22H24N6O2. The van der Waals surface area contributed by atoms with Crippen LogP contribution in [-0.4, -0.2) is 32.2 Å². The fraction of sp³-hybridized carbons (Fsp3) is 0.364. The summed E-state index contributed by atoms with van der Waals surface area (Å²) in [7, 11) is 0. The third-order valence-electron chi connectivity index (χ3n) is 5.78. The lowest BCUT2D eigenvalue weighted by Crippen LogP contribution is -2.29. The monoisotopic (exact) mass is 404 g/mol. The second kappa shape index (κ2) is 7.78. The van der Waals surface area contributed by atoms with E-state index in [4.69, 9.17) is 0 Å². The van der Waals surface area contributed by atoms with Crippen molar-refractivity contribution in [3.63, 3.8) is 0 Å². The number of aromatic nitrogens is 4. The van der Waals surface area contributed by atoms with Gasteiger partial charge in [0.2, 0.25) is 0 Å². The van der Waals surface area contributed by atoms with E-state index in [-0.39, 0.29) is 11.1 Å². The molecule has 4 heterocycles. The van der Waals surface area contributed by atoms with E-state index < -0.39 is 0 Å². The van der Waals surface area contributed by atoms with Crippen LogP contribution in [0.4, 0.5) is 11.6 Å². The molecule has 30 heavy (non-hydrogen) atoms. The van der Waals surface area contributed by atoms with Crippen LogP contribution < -0.4 is 21.8 Å². The molecule has 1 aromatic carbocycles. The maximum atomic E-state index is 12.7. The number of nitrogens with one attached hydrogen (secondary N) is 2. The van der Waals surface area contributed by atoms with Crippen molar-refractivity contribution >= 4 is 11.6 Å². The van der Waals surface area contributed by atoms with E-state index in [2.05, 4.69) is 20.6 Å². The average Bonchev–Trinajstić information content (AvgIpc) is 2.79. The Kier molecular flexibility index (Phi) is 4.82. The van der Waals surface area contributed by atoms with Crippen LogP contribution in [0.3, 0.4) is 0 Å². The first kappa shape index (κ1) is 18.6. The minimum Gasteiger partial charge on any atom is -0.370 e. The Hall–Kier alpha value is -3.42. The van der Waals surface area contributed by atoms with Crippen LogP contribution in [-0.2, 0) is 25.9 Å². The Morgan fingerprint density at radius 3 is 1.60 bits per heavy atom. The van der Waals surface area contributed by atoms with Crippen molar-refractivity contribution in [1.29, 1.82) is 0 Å². The molecule has 0 atom stereocenters.